The summed E-state index contributed by atoms with van der Waals surface area (Å²) < 4.78 is 13.0. The molecule has 33 heavy (non-hydrogen) atoms. The zero-order valence-corrected chi connectivity index (χ0v) is 19.0. The van der Waals surface area contributed by atoms with Gasteiger partial charge in [-0.2, -0.15) is 0 Å². The fraction of sp³-hybridized carbons (Fsp3) is 0.375. The lowest BCUT2D eigenvalue weighted by Gasteiger charge is -2.37. The fourth-order valence-electron chi connectivity index (χ4n) is 4.41. The summed E-state index contributed by atoms with van der Waals surface area (Å²) in [4.78, 5) is 27.0. The monoisotopic (exact) mass is 469 g/mol. The molecule has 2 amide bonds. The zero-order valence-electron chi connectivity index (χ0n) is 18.2. The molecule has 3 unspecified atom stereocenters. The van der Waals surface area contributed by atoms with Gasteiger partial charge in [-0.1, -0.05) is 30.3 Å². The number of fused-ring (bicyclic) bond motifs is 1. The number of rotatable bonds is 7. The van der Waals surface area contributed by atoms with Gasteiger partial charge >= 0.3 is 0 Å². The normalized spacial score (nSPS) is 22.2. The van der Waals surface area contributed by atoms with Gasteiger partial charge in [-0.25, -0.2) is 4.39 Å². The summed E-state index contributed by atoms with van der Waals surface area (Å²) in [7, 11) is 0. The highest BCUT2D eigenvalue weighted by atomic mass is 32.1. The molecule has 0 spiro atoms. The maximum Gasteiger partial charge on any atom is 0.237 e. The number of para-hydroxylation sites is 1. The smallest absolute Gasteiger partial charge is 0.237 e. The van der Waals surface area contributed by atoms with E-state index in [1.54, 1.807) is 12.1 Å². The van der Waals surface area contributed by atoms with Crippen molar-refractivity contribution < 1.29 is 14.0 Å². The van der Waals surface area contributed by atoms with Gasteiger partial charge in [-0.15, -0.1) is 0 Å². The van der Waals surface area contributed by atoms with E-state index >= 15 is 0 Å². The van der Waals surface area contributed by atoms with Crippen LogP contribution in [-0.4, -0.2) is 53.0 Å². The van der Waals surface area contributed by atoms with E-state index in [1.807, 2.05) is 30.3 Å². The van der Waals surface area contributed by atoms with Crippen LogP contribution in [0.4, 0.5) is 10.1 Å². The number of carbonyl (C=O) groups is 2. The van der Waals surface area contributed by atoms with Crippen LogP contribution in [0.25, 0.3) is 0 Å². The Morgan fingerprint density at radius 2 is 1.91 bits per heavy atom. The molecular formula is C24H28FN5O2S. The summed E-state index contributed by atoms with van der Waals surface area (Å²) >= 11 is 5.44. The molecule has 0 bridgehead atoms. The van der Waals surface area contributed by atoms with Gasteiger partial charge in [0.1, 0.15) is 5.82 Å². The predicted octanol–water partition coefficient (Wildman–Crippen LogP) is 2.15. The number of anilines is 1. The third kappa shape index (κ3) is 6.27. The number of amides is 2. The Balaban J connectivity index is 1.25. The minimum atomic E-state index is -0.297. The lowest BCUT2D eigenvalue weighted by Crippen LogP contribution is -2.58. The molecule has 2 fully saturated rings. The summed E-state index contributed by atoms with van der Waals surface area (Å²) in [5.41, 5.74) is 1.76. The van der Waals surface area contributed by atoms with Crippen molar-refractivity contribution in [1.82, 2.24) is 20.9 Å². The number of carbonyl (C=O) groups excluding carboxylic acids is 2. The molecule has 2 aromatic rings. The molecule has 2 aliphatic rings. The van der Waals surface area contributed by atoms with Crippen molar-refractivity contribution in [3.8, 4) is 0 Å². The third-order valence-electron chi connectivity index (χ3n) is 6.10. The lowest BCUT2D eigenvalue weighted by atomic mass is 10.0. The fourth-order valence-corrected chi connectivity index (χ4v) is 4.70. The molecule has 2 saturated heterocycles. The van der Waals surface area contributed by atoms with Gasteiger partial charge in [0, 0.05) is 43.8 Å². The van der Waals surface area contributed by atoms with Crippen molar-refractivity contribution >= 4 is 34.8 Å². The van der Waals surface area contributed by atoms with Gasteiger partial charge in [-0.05, 0) is 54.9 Å². The van der Waals surface area contributed by atoms with Crippen molar-refractivity contribution in [1.29, 1.82) is 0 Å². The molecule has 9 heteroatoms. The molecule has 0 radical (unpaired) electrons. The summed E-state index contributed by atoms with van der Waals surface area (Å²) in [5.74, 6) is -0.331. The molecule has 0 saturated carbocycles. The van der Waals surface area contributed by atoms with Crippen molar-refractivity contribution in [3.05, 3.63) is 66.0 Å². The lowest BCUT2D eigenvalue weighted by molar-refractivity contribution is -0.129. The molecular weight excluding hydrogens is 441 g/mol. The first-order valence-corrected chi connectivity index (χ1v) is 11.6. The molecule has 4 rings (SSSR count). The van der Waals surface area contributed by atoms with Crippen LogP contribution in [0.5, 0.6) is 0 Å². The second kappa shape index (κ2) is 10.7. The van der Waals surface area contributed by atoms with Gasteiger partial charge in [0.05, 0.1) is 6.04 Å². The minimum absolute atomic E-state index is 0.0262. The molecule has 2 aromatic carbocycles. The molecule has 0 aromatic heterocycles. The van der Waals surface area contributed by atoms with Crippen LogP contribution >= 0.6 is 12.2 Å². The number of benzene rings is 2. The number of thiocarbonyl (C=S) groups is 1. The van der Waals surface area contributed by atoms with Crippen LogP contribution < -0.4 is 21.3 Å². The highest BCUT2D eigenvalue weighted by Crippen LogP contribution is 2.26. The van der Waals surface area contributed by atoms with Crippen molar-refractivity contribution in [2.24, 2.45) is 0 Å². The SMILES string of the molecule is O=C(CCC1CNC(=O)C2CC(NC(=S)Nc3ccccc3)CN12)NCc1ccc(F)cc1. The Labute approximate surface area is 198 Å². The van der Waals surface area contributed by atoms with Crippen LogP contribution in [0.1, 0.15) is 24.8 Å². The highest BCUT2D eigenvalue weighted by molar-refractivity contribution is 7.80. The quantitative estimate of drug-likeness (QED) is 0.465. The van der Waals surface area contributed by atoms with E-state index in [-0.39, 0.29) is 35.8 Å². The Morgan fingerprint density at radius 3 is 2.67 bits per heavy atom. The third-order valence-corrected chi connectivity index (χ3v) is 6.32. The number of piperazine rings is 1. The Bertz CT molecular complexity index is 988. The molecule has 2 heterocycles. The number of hydrogen-bond donors (Lipinski definition) is 4. The van der Waals surface area contributed by atoms with Gasteiger partial charge in [-0.3, -0.25) is 14.5 Å². The molecule has 4 N–H and O–H groups in total. The first-order chi connectivity index (χ1) is 16.0. The first-order valence-electron chi connectivity index (χ1n) is 11.1. The van der Waals surface area contributed by atoms with E-state index in [9.17, 15) is 14.0 Å². The first kappa shape index (κ1) is 23.1. The molecule has 0 aliphatic carbocycles. The molecule has 3 atom stereocenters. The van der Waals surface area contributed by atoms with Gasteiger partial charge in [0.15, 0.2) is 5.11 Å². The van der Waals surface area contributed by atoms with E-state index in [0.29, 0.717) is 44.0 Å². The van der Waals surface area contributed by atoms with Crippen LogP contribution in [0.2, 0.25) is 0 Å². The second-order valence-corrected chi connectivity index (χ2v) is 8.86. The number of nitrogens with one attached hydrogen (secondary N) is 4. The van der Waals surface area contributed by atoms with Gasteiger partial charge in [0.25, 0.3) is 0 Å². The van der Waals surface area contributed by atoms with E-state index in [2.05, 4.69) is 26.2 Å². The van der Waals surface area contributed by atoms with Crippen LogP contribution in [0, 0.1) is 5.82 Å². The number of hydrogen-bond acceptors (Lipinski definition) is 4. The van der Waals surface area contributed by atoms with E-state index in [1.165, 1.54) is 12.1 Å². The Kier molecular flexibility index (Phi) is 7.51. The van der Waals surface area contributed by atoms with Crippen molar-refractivity contribution in [2.75, 3.05) is 18.4 Å². The topological polar surface area (TPSA) is 85.5 Å². The molecule has 174 valence electrons. The predicted molar refractivity (Wildman–Crippen MR) is 129 cm³/mol. The van der Waals surface area contributed by atoms with E-state index in [4.69, 9.17) is 12.2 Å². The van der Waals surface area contributed by atoms with Crippen molar-refractivity contribution in [2.45, 2.75) is 43.9 Å². The van der Waals surface area contributed by atoms with Crippen LogP contribution in [0.15, 0.2) is 54.6 Å². The van der Waals surface area contributed by atoms with Crippen LogP contribution in [0.3, 0.4) is 0 Å². The van der Waals surface area contributed by atoms with Gasteiger partial charge in [0.2, 0.25) is 11.8 Å². The summed E-state index contributed by atoms with van der Waals surface area (Å²) in [6, 6.07) is 15.7. The van der Waals surface area contributed by atoms with E-state index in [0.717, 1.165) is 11.3 Å². The summed E-state index contributed by atoms with van der Waals surface area (Å²) in [6.45, 7) is 1.58. The number of halogens is 1. The summed E-state index contributed by atoms with van der Waals surface area (Å²) in [5, 5.41) is 12.9. The Hall–Kier alpha value is -3.04. The second-order valence-electron chi connectivity index (χ2n) is 8.45. The highest BCUT2D eigenvalue weighted by Gasteiger charge is 2.43. The maximum absolute atomic E-state index is 13.0. The minimum Gasteiger partial charge on any atom is -0.358 e. The summed E-state index contributed by atoms with van der Waals surface area (Å²) in [6.07, 6.45) is 1.66. The maximum atomic E-state index is 13.0. The number of nitrogens with zero attached hydrogens (tertiary/aromatic N) is 1. The van der Waals surface area contributed by atoms with E-state index < -0.39 is 0 Å². The Morgan fingerprint density at radius 1 is 1.15 bits per heavy atom. The van der Waals surface area contributed by atoms with Gasteiger partial charge < -0.3 is 21.3 Å². The largest absolute Gasteiger partial charge is 0.358 e. The van der Waals surface area contributed by atoms with Crippen molar-refractivity contribution in [3.63, 3.8) is 0 Å². The average Bonchev–Trinajstić information content (AvgIpc) is 3.23. The zero-order chi connectivity index (χ0) is 23.2. The molecule has 2 aliphatic heterocycles. The molecule has 7 nitrogen and oxygen atoms in total. The average molecular weight is 470 g/mol. The van der Waals surface area contributed by atoms with Crippen LogP contribution in [-0.2, 0) is 16.1 Å². The standard InChI is InChI=1S/C24H28FN5O2S/c25-17-8-6-16(7-9-17)13-26-22(31)11-10-20-14-27-23(32)21-12-19(15-30(20)21)29-24(33)28-18-4-2-1-3-5-18/h1-9,19-21H,10-15H2,(H,26,31)(H,27,32)(H2,28,29,33).